The average Bonchev–Trinajstić information content (AvgIpc) is 2.71. The van der Waals surface area contributed by atoms with Crippen LogP contribution in [0.25, 0.3) is 20.8 Å². The Balaban J connectivity index is 1.84. The van der Waals surface area contributed by atoms with Crippen molar-refractivity contribution in [1.29, 1.82) is 0 Å². The van der Waals surface area contributed by atoms with Crippen LogP contribution in [0, 0.1) is 13.8 Å². The molecule has 2 aliphatic heterocycles. The minimum atomic E-state index is 1.10. The van der Waals surface area contributed by atoms with Crippen LogP contribution in [0.5, 0.6) is 0 Å². The van der Waals surface area contributed by atoms with Crippen LogP contribution in [0.1, 0.15) is 30.9 Å². The lowest BCUT2D eigenvalue weighted by atomic mass is 10.1. The number of anilines is 1. The van der Waals surface area contributed by atoms with Crippen molar-refractivity contribution in [1.82, 2.24) is 14.5 Å². The first-order valence-corrected chi connectivity index (χ1v) is 11.6. The number of fused-ring (bicyclic) bond motifs is 2. The minimum absolute atomic E-state index is 1.10. The van der Waals surface area contributed by atoms with Crippen molar-refractivity contribution in [2.45, 2.75) is 33.6 Å². The van der Waals surface area contributed by atoms with Crippen LogP contribution in [0.2, 0.25) is 0 Å². The number of aryl methyl sites for hydroxylation is 2. The number of unbranched alkanes of at least 4 members (excludes halogenated alkanes) is 1. The quantitative estimate of drug-likeness (QED) is 0.481. The van der Waals surface area contributed by atoms with E-state index in [2.05, 4.69) is 73.5 Å². The molecule has 0 bridgehead atoms. The molecule has 1 aromatic rings. The zero-order valence-electron chi connectivity index (χ0n) is 18.5. The third-order valence-corrected chi connectivity index (χ3v) is 7.16. The van der Waals surface area contributed by atoms with Gasteiger partial charge in [0.05, 0.1) is 33.9 Å². The Labute approximate surface area is 178 Å². The van der Waals surface area contributed by atoms with Crippen LogP contribution in [0.15, 0.2) is 24.3 Å². The van der Waals surface area contributed by atoms with E-state index in [0.717, 1.165) is 43.9 Å². The number of benzene rings is 2. The Morgan fingerprint density at radius 1 is 1.10 bits per heavy atom. The fourth-order valence-corrected chi connectivity index (χ4v) is 5.32. The number of rotatable bonds is 4. The van der Waals surface area contributed by atoms with Crippen LogP contribution in [0.4, 0.5) is 5.69 Å². The number of hydrogen-bond donors (Lipinski definition) is 0. The molecule has 154 valence electrons. The summed E-state index contributed by atoms with van der Waals surface area (Å²) in [7, 11) is 4.41. The molecule has 1 aliphatic carbocycles. The van der Waals surface area contributed by atoms with Crippen LogP contribution in [-0.4, -0.2) is 56.7 Å². The van der Waals surface area contributed by atoms with E-state index in [1.807, 2.05) is 11.3 Å². The summed E-state index contributed by atoms with van der Waals surface area (Å²) in [6.45, 7) is 12.2. The molecule has 1 saturated heterocycles. The molecule has 0 aromatic heterocycles. The maximum Gasteiger partial charge on any atom is 0.201 e. The topological polar surface area (TPSA) is 22.4 Å². The van der Waals surface area contributed by atoms with E-state index in [0.29, 0.717) is 0 Å². The Morgan fingerprint density at radius 2 is 1.86 bits per heavy atom. The van der Waals surface area contributed by atoms with E-state index in [9.17, 15) is 0 Å². The Kier molecular flexibility index (Phi) is 5.88. The third-order valence-electron chi connectivity index (χ3n) is 6.10. The summed E-state index contributed by atoms with van der Waals surface area (Å²) in [5, 5.41) is 1.34. The Morgan fingerprint density at radius 3 is 2.59 bits per heavy atom. The molecular formula is C24H33N4S+. The zero-order chi connectivity index (χ0) is 20.5. The van der Waals surface area contributed by atoms with Crippen LogP contribution in [-0.2, 0) is 0 Å². The Hall–Kier alpha value is -1.98. The molecule has 0 spiro atoms. The lowest BCUT2D eigenvalue weighted by molar-refractivity contribution is 0.267. The van der Waals surface area contributed by atoms with Gasteiger partial charge < -0.3 is 4.90 Å². The lowest BCUT2D eigenvalue weighted by Gasteiger charge is -2.21. The standard InChI is InChI=1S/C24H33N4S/c1-6-7-8-27(5)19-13-17(2)23-21(15-19)29-22-16-20(14-18(3)24(22)25-23)28-11-9-26(4)10-12-28/h13-16H,6-12H2,1-5H3/q+1. The fraction of sp³-hybridized carbons (Fsp3) is 0.500. The predicted octanol–water partition coefficient (Wildman–Crippen LogP) is 3.97. The fourth-order valence-electron chi connectivity index (χ4n) is 4.12. The second kappa shape index (κ2) is 8.41. The highest BCUT2D eigenvalue weighted by Crippen LogP contribution is 2.35. The molecule has 4 nitrogen and oxygen atoms in total. The molecule has 0 atom stereocenters. The monoisotopic (exact) mass is 409 g/mol. The molecular weight excluding hydrogens is 376 g/mol. The van der Waals surface area contributed by atoms with Crippen LogP contribution < -0.4 is 14.8 Å². The van der Waals surface area contributed by atoms with Gasteiger partial charge in [0.15, 0.2) is 13.1 Å². The summed E-state index contributed by atoms with van der Waals surface area (Å²) in [6, 6.07) is 9.29. The van der Waals surface area contributed by atoms with E-state index in [1.54, 1.807) is 0 Å². The average molecular weight is 410 g/mol. The zero-order valence-corrected chi connectivity index (χ0v) is 19.3. The molecule has 0 N–H and O–H groups in total. The number of aromatic nitrogens is 1. The first kappa shape index (κ1) is 20.3. The number of nitrogens with zero attached hydrogens (tertiary/aromatic N) is 4. The van der Waals surface area contributed by atoms with Gasteiger partial charge in [0.2, 0.25) is 5.36 Å². The van der Waals surface area contributed by atoms with Gasteiger partial charge in [-0.1, -0.05) is 13.3 Å². The van der Waals surface area contributed by atoms with Crippen molar-refractivity contribution in [3.63, 3.8) is 0 Å². The van der Waals surface area contributed by atoms with Crippen molar-refractivity contribution >= 4 is 27.2 Å². The molecule has 1 fully saturated rings. The van der Waals surface area contributed by atoms with Crippen LogP contribution in [0.3, 0.4) is 0 Å². The smallest absolute Gasteiger partial charge is 0.201 e. The van der Waals surface area contributed by atoms with E-state index in [1.165, 1.54) is 44.6 Å². The maximum absolute atomic E-state index is 5.10. The summed E-state index contributed by atoms with van der Waals surface area (Å²) >= 11 is 1.89. The van der Waals surface area contributed by atoms with Crippen molar-refractivity contribution in [2.75, 3.05) is 51.7 Å². The van der Waals surface area contributed by atoms with E-state index < -0.39 is 0 Å². The third kappa shape index (κ3) is 4.17. The first-order valence-electron chi connectivity index (χ1n) is 10.8. The summed E-state index contributed by atoms with van der Waals surface area (Å²) in [4.78, 5) is 11.2. The molecule has 0 unspecified atom stereocenters. The Bertz CT molecular complexity index is 1060. The maximum atomic E-state index is 5.10. The van der Waals surface area contributed by atoms with Gasteiger partial charge >= 0.3 is 0 Å². The number of hydrogen-bond acceptors (Lipinski definition) is 4. The molecule has 5 heteroatoms. The molecule has 1 aromatic carbocycles. The number of likely N-dealkylation sites (N-methyl/N-ethyl adjacent to an activating group) is 1. The molecule has 2 heterocycles. The van der Waals surface area contributed by atoms with E-state index >= 15 is 0 Å². The normalized spacial score (nSPS) is 15.4. The summed E-state index contributed by atoms with van der Waals surface area (Å²) < 4.78 is 3.80. The summed E-state index contributed by atoms with van der Waals surface area (Å²) in [5.41, 5.74) is 6.13. The largest absolute Gasteiger partial charge is 0.375 e. The van der Waals surface area contributed by atoms with Gasteiger partial charge in [-0.05, 0) is 50.6 Å². The highest BCUT2D eigenvalue weighted by Gasteiger charge is 2.19. The lowest BCUT2D eigenvalue weighted by Crippen LogP contribution is -2.46. The van der Waals surface area contributed by atoms with E-state index in [4.69, 9.17) is 4.98 Å². The molecule has 0 radical (unpaired) electrons. The SMILES string of the molecule is CCCCN(C)c1cc(C)c2nc3c(C)cc(=[N+]4CCN(C)CC4)cc-3sc2c1. The molecule has 0 saturated carbocycles. The summed E-state index contributed by atoms with van der Waals surface area (Å²) in [6.07, 6.45) is 2.45. The molecule has 29 heavy (non-hydrogen) atoms. The van der Waals surface area contributed by atoms with Crippen molar-refractivity contribution in [3.05, 3.63) is 40.7 Å². The highest BCUT2D eigenvalue weighted by molar-refractivity contribution is 7.21. The van der Waals surface area contributed by atoms with Gasteiger partial charge in [0.25, 0.3) is 0 Å². The van der Waals surface area contributed by atoms with Gasteiger partial charge in [-0.3, -0.25) is 4.90 Å². The van der Waals surface area contributed by atoms with Gasteiger partial charge in [-0.25, -0.2) is 9.56 Å². The second-order valence-electron chi connectivity index (χ2n) is 8.50. The molecule has 0 amide bonds. The highest BCUT2D eigenvalue weighted by atomic mass is 32.1. The number of piperazine rings is 1. The van der Waals surface area contributed by atoms with E-state index in [-0.39, 0.29) is 0 Å². The van der Waals surface area contributed by atoms with Gasteiger partial charge in [-0.15, -0.1) is 11.3 Å². The van der Waals surface area contributed by atoms with Crippen molar-refractivity contribution in [2.24, 2.45) is 0 Å². The predicted molar refractivity (Wildman–Crippen MR) is 126 cm³/mol. The van der Waals surface area contributed by atoms with Crippen LogP contribution >= 0.6 is 11.3 Å². The van der Waals surface area contributed by atoms with Crippen molar-refractivity contribution < 1.29 is 0 Å². The van der Waals surface area contributed by atoms with Gasteiger partial charge in [0, 0.05) is 31.4 Å². The van der Waals surface area contributed by atoms with Crippen molar-refractivity contribution in [3.8, 4) is 10.6 Å². The first-order chi connectivity index (χ1) is 14.0. The van der Waals surface area contributed by atoms with Gasteiger partial charge in [-0.2, -0.15) is 0 Å². The van der Waals surface area contributed by atoms with Gasteiger partial charge in [0.1, 0.15) is 0 Å². The molecule has 3 aliphatic rings. The second-order valence-corrected chi connectivity index (χ2v) is 9.58. The minimum Gasteiger partial charge on any atom is -0.375 e. The molecule has 4 rings (SSSR count). The summed E-state index contributed by atoms with van der Waals surface area (Å²) in [5.74, 6) is 0.